The van der Waals surface area contributed by atoms with E-state index in [9.17, 15) is 4.79 Å². The lowest BCUT2D eigenvalue weighted by Gasteiger charge is -2.37. The highest BCUT2D eigenvalue weighted by molar-refractivity contribution is 6.43. The molecule has 0 spiro atoms. The molecule has 2 fully saturated rings. The monoisotopic (exact) mass is 454 g/mol. The van der Waals surface area contributed by atoms with E-state index in [1.807, 2.05) is 12.1 Å². The van der Waals surface area contributed by atoms with Gasteiger partial charge in [0, 0.05) is 38.8 Å². The third kappa shape index (κ3) is 6.93. The summed E-state index contributed by atoms with van der Waals surface area (Å²) in [7, 11) is 0. The van der Waals surface area contributed by atoms with Crippen LogP contribution in [0.3, 0.4) is 0 Å². The summed E-state index contributed by atoms with van der Waals surface area (Å²) < 4.78 is 0. The highest BCUT2D eigenvalue weighted by Crippen LogP contribution is 2.33. The summed E-state index contributed by atoms with van der Waals surface area (Å²) in [5, 5.41) is 7.39. The van der Waals surface area contributed by atoms with Gasteiger partial charge >= 0.3 is 6.03 Å². The van der Waals surface area contributed by atoms with Gasteiger partial charge in [-0.2, -0.15) is 0 Å². The quantitative estimate of drug-likeness (QED) is 0.532. The van der Waals surface area contributed by atoms with E-state index in [0.717, 1.165) is 76.6 Å². The van der Waals surface area contributed by atoms with Crippen LogP contribution in [0.2, 0.25) is 10.0 Å². The van der Waals surface area contributed by atoms with Gasteiger partial charge in [0.15, 0.2) is 0 Å². The van der Waals surface area contributed by atoms with Gasteiger partial charge < -0.3 is 15.5 Å². The maximum atomic E-state index is 11.9. The summed E-state index contributed by atoms with van der Waals surface area (Å²) in [4.78, 5) is 16.8. The van der Waals surface area contributed by atoms with Crippen LogP contribution in [0.4, 0.5) is 10.5 Å². The first-order chi connectivity index (χ1) is 14.6. The second-order valence-electron chi connectivity index (χ2n) is 8.66. The van der Waals surface area contributed by atoms with Crippen molar-refractivity contribution in [3.8, 4) is 0 Å². The number of benzene rings is 1. The van der Waals surface area contributed by atoms with Crippen molar-refractivity contribution in [3.63, 3.8) is 0 Å². The third-order valence-corrected chi connectivity index (χ3v) is 7.30. The fourth-order valence-electron chi connectivity index (χ4n) is 4.52. The number of rotatable bonds is 8. The van der Waals surface area contributed by atoms with E-state index in [0.29, 0.717) is 16.1 Å². The number of anilines is 1. The number of nitrogens with zero attached hydrogens (tertiary/aromatic N) is 2. The van der Waals surface area contributed by atoms with Gasteiger partial charge in [0.1, 0.15) is 0 Å². The summed E-state index contributed by atoms with van der Waals surface area (Å²) in [6.07, 6.45) is 8.05. The van der Waals surface area contributed by atoms with Crippen molar-refractivity contribution in [2.45, 2.75) is 57.9 Å². The van der Waals surface area contributed by atoms with E-state index in [4.69, 9.17) is 23.2 Å². The second-order valence-corrected chi connectivity index (χ2v) is 9.45. The summed E-state index contributed by atoms with van der Waals surface area (Å²) in [6, 6.07) is 6.21. The van der Waals surface area contributed by atoms with Crippen LogP contribution < -0.4 is 15.5 Å². The Bertz CT molecular complexity index is 671. The van der Waals surface area contributed by atoms with E-state index in [2.05, 4.69) is 33.4 Å². The summed E-state index contributed by atoms with van der Waals surface area (Å²) in [5.74, 6) is 0.784. The van der Waals surface area contributed by atoms with Crippen LogP contribution in [-0.2, 0) is 0 Å². The molecule has 0 atom stereocenters. The van der Waals surface area contributed by atoms with E-state index in [1.54, 1.807) is 0 Å². The molecular weight excluding hydrogens is 419 g/mol. The van der Waals surface area contributed by atoms with Crippen molar-refractivity contribution in [1.82, 2.24) is 15.5 Å². The van der Waals surface area contributed by atoms with E-state index < -0.39 is 0 Å². The molecule has 2 aliphatic rings. The normalized spacial score (nSPS) is 22.7. The maximum Gasteiger partial charge on any atom is 0.315 e. The Balaban J connectivity index is 1.31. The Morgan fingerprint density at radius 2 is 1.83 bits per heavy atom. The SMILES string of the molecule is CCCCNC(=O)N[C@H]1CC[C@H](CCN2CCN(c3cccc(Cl)c3Cl)CC2)CC1. The highest BCUT2D eigenvalue weighted by Gasteiger charge is 2.24. The molecular formula is C23H36Cl2N4O. The molecule has 1 saturated carbocycles. The Labute approximate surface area is 191 Å². The zero-order chi connectivity index (χ0) is 21.3. The number of hydrogen-bond acceptors (Lipinski definition) is 3. The number of amides is 2. The summed E-state index contributed by atoms with van der Waals surface area (Å²) >= 11 is 12.6. The van der Waals surface area contributed by atoms with Gasteiger partial charge in [-0.05, 0) is 63.1 Å². The number of carbonyl (C=O) groups excluding carboxylic acids is 1. The number of halogens is 2. The van der Waals surface area contributed by atoms with Crippen LogP contribution in [0.25, 0.3) is 0 Å². The largest absolute Gasteiger partial charge is 0.368 e. The molecule has 2 N–H and O–H groups in total. The average molecular weight is 455 g/mol. The molecule has 0 aromatic heterocycles. The Morgan fingerprint density at radius 3 is 2.53 bits per heavy atom. The number of urea groups is 1. The predicted molar refractivity (Wildman–Crippen MR) is 127 cm³/mol. The van der Waals surface area contributed by atoms with Crippen molar-refractivity contribution in [3.05, 3.63) is 28.2 Å². The van der Waals surface area contributed by atoms with E-state index in [1.165, 1.54) is 19.3 Å². The smallest absolute Gasteiger partial charge is 0.315 e. The molecule has 5 nitrogen and oxygen atoms in total. The molecule has 0 radical (unpaired) electrons. The molecule has 1 aliphatic carbocycles. The van der Waals surface area contributed by atoms with Gasteiger partial charge in [0.2, 0.25) is 0 Å². The third-order valence-electron chi connectivity index (χ3n) is 6.50. The molecule has 1 saturated heterocycles. The van der Waals surface area contributed by atoms with E-state index in [-0.39, 0.29) is 6.03 Å². The molecule has 168 valence electrons. The molecule has 30 heavy (non-hydrogen) atoms. The standard InChI is InChI=1S/C23H36Cl2N4O/c1-2-3-12-26-23(30)27-19-9-7-18(8-10-19)11-13-28-14-16-29(17-15-28)21-6-4-5-20(24)22(21)25/h4-6,18-19H,2-3,7-17H2,1H3,(H2,26,27,30)/t18-,19-. The van der Waals surface area contributed by atoms with Crippen molar-refractivity contribution < 1.29 is 4.79 Å². The summed E-state index contributed by atoms with van der Waals surface area (Å²) in [5.41, 5.74) is 1.05. The fourth-order valence-corrected chi connectivity index (χ4v) is 4.94. The fraction of sp³-hybridized carbons (Fsp3) is 0.696. The molecule has 0 bridgehead atoms. The van der Waals surface area contributed by atoms with Crippen LogP contribution in [0.15, 0.2) is 18.2 Å². The predicted octanol–water partition coefficient (Wildman–Crippen LogP) is 5.16. The Morgan fingerprint density at radius 1 is 1.10 bits per heavy atom. The van der Waals surface area contributed by atoms with Crippen LogP contribution in [-0.4, -0.2) is 56.2 Å². The molecule has 1 aromatic rings. The zero-order valence-electron chi connectivity index (χ0n) is 18.1. The zero-order valence-corrected chi connectivity index (χ0v) is 19.6. The van der Waals surface area contributed by atoms with Gasteiger partial charge in [-0.25, -0.2) is 4.79 Å². The van der Waals surface area contributed by atoms with Crippen LogP contribution in [0, 0.1) is 5.92 Å². The minimum Gasteiger partial charge on any atom is -0.368 e. The lowest BCUT2D eigenvalue weighted by molar-refractivity contribution is 0.205. The number of piperazine rings is 1. The first-order valence-corrected chi connectivity index (χ1v) is 12.3. The number of carbonyl (C=O) groups is 1. The minimum absolute atomic E-state index is 0.00424. The second kappa shape index (κ2) is 12.0. The molecule has 1 aliphatic heterocycles. The number of hydrogen-bond donors (Lipinski definition) is 2. The van der Waals surface area contributed by atoms with Crippen molar-refractivity contribution in [2.24, 2.45) is 5.92 Å². The number of unbranched alkanes of at least 4 members (excludes halogenated alkanes) is 1. The van der Waals surface area contributed by atoms with Crippen LogP contribution in [0.5, 0.6) is 0 Å². The maximum absolute atomic E-state index is 11.9. The molecule has 2 amide bonds. The average Bonchev–Trinajstić information content (AvgIpc) is 2.76. The topological polar surface area (TPSA) is 47.6 Å². The lowest BCUT2D eigenvalue weighted by Crippen LogP contribution is -2.47. The minimum atomic E-state index is 0.00424. The van der Waals surface area contributed by atoms with Crippen molar-refractivity contribution in [1.29, 1.82) is 0 Å². The van der Waals surface area contributed by atoms with Gasteiger partial charge in [-0.15, -0.1) is 0 Å². The molecule has 3 rings (SSSR count). The van der Waals surface area contributed by atoms with Gasteiger partial charge in [0.05, 0.1) is 15.7 Å². The Kier molecular flexibility index (Phi) is 9.41. The molecule has 1 heterocycles. The molecule has 7 heteroatoms. The van der Waals surface area contributed by atoms with Gasteiger partial charge in [0.25, 0.3) is 0 Å². The molecule has 1 aromatic carbocycles. The van der Waals surface area contributed by atoms with Crippen molar-refractivity contribution in [2.75, 3.05) is 44.2 Å². The van der Waals surface area contributed by atoms with Gasteiger partial charge in [-0.1, -0.05) is 42.6 Å². The van der Waals surface area contributed by atoms with Crippen LogP contribution in [0.1, 0.15) is 51.9 Å². The van der Waals surface area contributed by atoms with Crippen LogP contribution >= 0.6 is 23.2 Å². The Hall–Kier alpha value is -1.17. The highest BCUT2D eigenvalue weighted by atomic mass is 35.5. The lowest BCUT2D eigenvalue weighted by atomic mass is 9.84. The first kappa shape index (κ1) is 23.5. The number of nitrogens with one attached hydrogen (secondary N) is 2. The van der Waals surface area contributed by atoms with E-state index >= 15 is 0 Å². The molecule has 0 unspecified atom stereocenters. The van der Waals surface area contributed by atoms with Gasteiger partial charge in [-0.3, -0.25) is 4.90 Å². The van der Waals surface area contributed by atoms with Crippen molar-refractivity contribution >= 4 is 34.9 Å². The first-order valence-electron chi connectivity index (χ1n) is 11.5. The summed E-state index contributed by atoms with van der Waals surface area (Å²) in [6.45, 7) is 8.19.